The third-order valence-corrected chi connectivity index (χ3v) is 3.74. The number of hydrogen-bond donors (Lipinski definition) is 1. The van der Waals surface area contributed by atoms with Crippen LogP contribution in [0, 0.1) is 26.7 Å². The van der Waals surface area contributed by atoms with Crippen molar-refractivity contribution in [2.24, 2.45) is 5.92 Å². The van der Waals surface area contributed by atoms with Gasteiger partial charge >= 0.3 is 0 Å². The molecule has 0 aliphatic heterocycles. The monoisotopic (exact) mass is 217 g/mol. The Labute approximate surface area is 99.3 Å². The molecule has 1 aliphatic carbocycles. The van der Waals surface area contributed by atoms with Crippen molar-refractivity contribution in [2.45, 2.75) is 53.1 Å². The van der Waals surface area contributed by atoms with Gasteiger partial charge in [-0.15, -0.1) is 0 Å². The summed E-state index contributed by atoms with van der Waals surface area (Å²) in [7, 11) is 0. The number of aryl methyl sites for hydroxylation is 3. The van der Waals surface area contributed by atoms with Gasteiger partial charge in [-0.25, -0.2) is 0 Å². The minimum absolute atomic E-state index is 0.482. The van der Waals surface area contributed by atoms with Crippen molar-refractivity contribution in [1.29, 1.82) is 0 Å². The maximum Gasteiger partial charge on any atom is 0.0299 e. The first-order chi connectivity index (χ1) is 7.49. The van der Waals surface area contributed by atoms with E-state index in [1.165, 1.54) is 28.7 Å². The van der Waals surface area contributed by atoms with Crippen molar-refractivity contribution in [1.82, 2.24) is 5.32 Å². The summed E-state index contributed by atoms with van der Waals surface area (Å²) < 4.78 is 0. The molecule has 1 heteroatoms. The molecule has 1 N–H and O–H groups in total. The third-order valence-electron chi connectivity index (χ3n) is 3.74. The first kappa shape index (κ1) is 11.7. The maximum atomic E-state index is 3.72. The SMILES string of the molecule is Cc1cc(C)c(C(C)NC2CC2C)c(C)c1. The molecule has 1 aromatic carbocycles. The van der Waals surface area contributed by atoms with Crippen molar-refractivity contribution in [3.8, 4) is 0 Å². The summed E-state index contributed by atoms with van der Waals surface area (Å²) in [6.45, 7) is 11.2. The van der Waals surface area contributed by atoms with E-state index in [4.69, 9.17) is 0 Å². The van der Waals surface area contributed by atoms with E-state index >= 15 is 0 Å². The van der Waals surface area contributed by atoms with Gasteiger partial charge in [-0.3, -0.25) is 0 Å². The highest BCUT2D eigenvalue weighted by atomic mass is 15.0. The number of hydrogen-bond acceptors (Lipinski definition) is 1. The minimum Gasteiger partial charge on any atom is -0.307 e. The van der Waals surface area contributed by atoms with Crippen LogP contribution < -0.4 is 5.32 Å². The van der Waals surface area contributed by atoms with Crippen LogP contribution in [0.5, 0.6) is 0 Å². The highest BCUT2D eigenvalue weighted by Crippen LogP contribution is 2.33. The van der Waals surface area contributed by atoms with Crippen LogP contribution in [0.25, 0.3) is 0 Å². The molecule has 16 heavy (non-hydrogen) atoms. The molecule has 1 fully saturated rings. The van der Waals surface area contributed by atoms with E-state index < -0.39 is 0 Å². The Hall–Kier alpha value is -0.820. The van der Waals surface area contributed by atoms with E-state index in [0.29, 0.717) is 6.04 Å². The molecule has 1 aromatic rings. The molecule has 0 amide bonds. The van der Waals surface area contributed by atoms with Crippen LogP contribution >= 0.6 is 0 Å². The van der Waals surface area contributed by atoms with E-state index in [1.54, 1.807) is 0 Å². The predicted molar refractivity (Wildman–Crippen MR) is 69.8 cm³/mol. The molecule has 3 atom stereocenters. The quantitative estimate of drug-likeness (QED) is 0.814. The smallest absolute Gasteiger partial charge is 0.0299 e. The van der Waals surface area contributed by atoms with Crippen LogP contribution in [0.1, 0.15) is 48.6 Å². The van der Waals surface area contributed by atoms with Gasteiger partial charge in [0.1, 0.15) is 0 Å². The van der Waals surface area contributed by atoms with Gasteiger partial charge in [0.2, 0.25) is 0 Å². The number of nitrogens with one attached hydrogen (secondary N) is 1. The lowest BCUT2D eigenvalue weighted by atomic mass is 9.95. The van der Waals surface area contributed by atoms with Crippen molar-refractivity contribution in [2.75, 3.05) is 0 Å². The largest absolute Gasteiger partial charge is 0.307 e. The molecule has 0 aromatic heterocycles. The first-order valence-electron chi connectivity index (χ1n) is 6.33. The molecule has 0 radical (unpaired) electrons. The first-order valence-corrected chi connectivity index (χ1v) is 6.33. The number of rotatable bonds is 3. The van der Waals surface area contributed by atoms with Crippen LogP contribution in [-0.4, -0.2) is 6.04 Å². The lowest BCUT2D eigenvalue weighted by molar-refractivity contribution is 0.547. The molecule has 0 bridgehead atoms. The lowest BCUT2D eigenvalue weighted by Gasteiger charge is -2.20. The average molecular weight is 217 g/mol. The summed E-state index contributed by atoms with van der Waals surface area (Å²) >= 11 is 0. The van der Waals surface area contributed by atoms with E-state index in [2.05, 4.69) is 52.1 Å². The van der Waals surface area contributed by atoms with Gasteiger partial charge < -0.3 is 5.32 Å². The topological polar surface area (TPSA) is 12.0 Å². The van der Waals surface area contributed by atoms with Gasteiger partial charge in [-0.2, -0.15) is 0 Å². The summed E-state index contributed by atoms with van der Waals surface area (Å²) in [6.07, 6.45) is 1.34. The van der Waals surface area contributed by atoms with Crippen molar-refractivity contribution < 1.29 is 0 Å². The normalized spacial score (nSPS) is 25.6. The Morgan fingerprint density at radius 2 is 1.69 bits per heavy atom. The highest BCUT2D eigenvalue weighted by molar-refractivity contribution is 5.39. The fraction of sp³-hybridized carbons (Fsp3) is 0.600. The highest BCUT2D eigenvalue weighted by Gasteiger charge is 2.33. The van der Waals surface area contributed by atoms with Gasteiger partial charge in [0.05, 0.1) is 0 Å². The van der Waals surface area contributed by atoms with Gasteiger partial charge in [0, 0.05) is 12.1 Å². The molecule has 1 nitrogen and oxygen atoms in total. The van der Waals surface area contributed by atoms with Crippen LogP contribution in [0.2, 0.25) is 0 Å². The fourth-order valence-electron chi connectivity index (χ4n) is 2.83. The Bertz CT molecular complexity index is 371. The van der Waals surface area contributed by atoms with Gasteiger partial charge in [0.15, 0.2) is 0 Å². The molecule has 0 spiro atoms. The predicted octanol–water partition coefficient (Wildman–Crippen LogP) is 3.67. The Balaban J connectivity index is 2.18. The summed E-state index contributed by atoms with van der Waals surface area (Å²) in [4.78, 5) is 0. The van der Waals surface area contributed by atoms with E-state index in [0.717, 1.165) is 12.0 Å². The van der Waals surface area contributed by atoms with Gasteiger partial charge in [-0.05, 0) is 56.7 Å². The molecule has 1 saturated carbocycles. The second-order valence-electron chi connectivity index (χ2n) is 5.52. The molecule has 88 valence electrons. The third kappa shape index (κ3) is 2.30. The summed E-state index contributed by atoms with van der Waals surface area (Å²) in [5.74, 6) is 0.869. The standard InChI is InChI=1S/C15H23N/c1-9-6-11(3)15(12(4)7-9)13(5)16-14-8-10(14)2/h6-7,10,13-14,16H,8H2,1-5H3. The molecular formula is C15H23N. The molecule has 0 saturated heterocycles. The van der Waals surface area contributed by atoms with Crippen molar-refractivity contribution in [3.05, 3.63) is 34.4 Å². The summed E-state index contributed by atoms with van der Waals surface area (Å²) in [5, 5.41) is 3.72. The number of benzene rings is 1. The maximum absolute atomic E-state index is 3.72. The van der Waals surface area contributed by atoms with Crippen LogP contribution in [0.3, 0.4) is 0 Å². The minimum atomic E-state index is 0.482. The Kier molecular flexibility index (Phi) is 3.07. The fourth-order valence-corrected chi connectivity index (χ4v) is 2.83. The zero-order valence-corrected chi connectivity index (χ0v) is 11.1. The summed E-state index contributed by atoms with van der Waals surface area (Å²) in [6, 6.07) is 5.80. The molecular weight excluding hydrogens is 194 g/mol. The van der Waals surface area contributed by atoms with E-state index in [9.17, 15) is 0 Å². The van der Waals surface area contributed by atoms with Crippen LogP contribution in [0.4, 0.5) is 0 Å². The van der Waals surface area contributed by atoms with Gasteiger partial charge in [-0.1, -0.05) is 24.6 Å². The molecule has 1 aliphatic rings. The second-order valence-corrected chi connectivity index (χ2v) is 5.52. The lowest BCUT2D eigenvalue weighted by Crippen LogP contribution is -2.23. The Morgan fingerprint density at radius 3 is 2.12 bits per heavy atom. The molecule has 0 heterocycles. The Morgan fingerprint density at radius 1 is 1.19 bits per heavy atom. The van der Waals surface area contributed by atoms with E-state index in [-0.39, 0.29) is 0 Å². The zero-order chi connectivity index (χ0) is 11.9. The molecule has 2 rings (SSSR count). The molecule has 3 unspecified atom stereocenters. The van der Waals surface area contributed by atoms with Gasteiger partial charge in [0.25, 0.3) is 0 Å². The summed E-state index contributed by atoms with van der Waals surface area (Å²) in [5.41, 5.74) is 5.70. The van der Waals surface area contributed by atoms with Crippen LogP contribution in [0.15, 0.2) is 12.1 Å². The second kappa shape index (κ2) is 4.21. The van der Waals surface area contributed by atoms with Crippen molar-refractivity contribution in [3.63, 3.8) is 0 Å². The van der Waals surface area contributed by atoms with Crippen LogP contribution in [-0.2, 0) is 0 Å². The average Bonchev–Trinajstić information content (AvgIpc) is 2.79. The van der Waals surface area contributed by atoms with E-state index in [1.807, 2.05) is 0 Å². The zero-order valence-electron chi connectivity index (χ0n) is 11.1. The van der Waals surface area contributed by atoms with Crippen molar-refractivity contribution >= 4 is 0 Å².